The molecular weight excluding hydrogens is 173 g/mol. The van der Waals surface area contributed by atoms with Gasteiger partial charge < -0.3 is 10.0 Å². The largest absolute Gasteiger partial charge is 0.479 e. The van der Waals surface area contributed by atoms with Crippen LogP contribution in [-0.4, -0.2) is 41.8 Å². The lowest BCUT2D eigenvalue weighted by molar-refractivity contribution is -0.145. The lowest BCUT2D eigenvalue weighted by atomic mass is 9.93. The standard InChI is InChI=1S/C9H16FNO2/c1-2-11-5-3-4-7(6-11)8(10)9(12)13/h7-8H,2-6H2,1H3,(H,12,13). The number of rotatable bonds is 3. The van der Waals surface area contributed by atoms with Crippen LogP contribution >= 0.6 is 0 Å². The van der Waals surface area contributed by atoms with E-state index in [0.717, 1.165) is 19.5 Å². The number of alkyl halides is 1. The molecule has 1 saturated heterocycles. The highest BCUT2D eigenvalue weighted by Gasteiger charge is 2.31. The molecule has 0 aromatic carbocycles. The van der Waals surface area contributed by atoms with Crippen molar-refractivity contribution in [2.24, 2.45) is 5.92 Å². The molecule has 4 heteroatoms. The minimum atomic E-state index is -1.69. The van der Waals surface area contributed by atoms with Crippen LogP contribution in [0.15, 0.2) is 0 Å². The third kappa shape index (κ3) is 2.66. The summed E-state index contributed by atoms with van der Waals surface area (Å²) in [7, 11) is 0. The molecule has 0 spiro atoms. The van der Waals surface area contributed by atoms with Crippen LogP contribution in [0, 0.1) is 5.92 Å². The van der Waals surface area contributed by atoms with Gasteiger partial charge in [-0.2, -0.15) is 0 Å². The SMILES string of the molecule is CCN1CCCC(C(F)C(=O)O)C1. The van der Waals surface area contributed by atoms with E-state index in [4.69, 9.17) is 5.11 Å². The first-order valence-electron chi connectivity index (χ1n) is 4.74. The van der Waals surface area contributed by atoms with Gasteiger partial charge in [-0.25, -0.2) is 9.18 Å². The van der Waals surface area contributed by atoms with Crippen LogP contribution in [0.5, 0.6) is 0 Å². The molecule has 76 valence electrons. The molecule has 13 heavy (non-hydrogen) atoms. The van der Waals surface area contributed by atoms with Gasteiger partial charge in [-0.15, -0.1) is 0 Å². The van der Waals surface area contributed by atoms with Crippen molar-refractivity contribution in [1.29, 1.82) is 0 Å². The van der Waals surface area contributed by atoms with Crippen molar-refractivity contribution in [3.05, 3.63) is 0 Å². The number of hydrogen-bond acceptors (Lipinski definition) is 2. The van der Waals surface area contributed by atoms with Gasteiger partial charge in [-0.1, -0.05) is 6.92 Å². The summed E-state index contributed by atoms with van der Waals surface area (Å²) >= 11 is 0. The predicted octanol–water partition coefficient (Wildman–Crippen LogP) is 1.14. The fourth-order valence-corrected chi connectivity index (χ4v) is 1.82. The highest BCUT2D eigenvalue weighted by molar-refractivity contribution is 5.72. The van der Waals surface area contributed by atoms with E-state index in [1.165, 1.54) is 0 Å². The summed E-state index contributed by atoms with van der Waals surface area (Å²) in [6.07, 6.45) is -0.0785. The Balaban J connectivity index is 2.46. The predicted molar refractivity (Wildman–Crippen MR) is 47.4 cm³/mol. The molecule has 1 aliphatic heterocycles. The van der Waals surface area contributed by atoms with Crippen molar-refractivity contribution in [3.63, 3.8) is 0 Å². The summed E-state index contributed by atoms with van der Waals surface area (Å²) in [5.41, 5.74) is 0. The van der Waals surface area contributed by atoms with E-state index >= 15 is 0 Å². The molecule has 0 bridgehead atoms. The van der Waals surface area contributed by atoms with Crippen molar-refractivity contribution in [2.75, 3.05) is 19.6 Å². The Morgan fingerprint density at radius 3 is 3.00 bits per heavy atom. The van der Waals surface area contributed by atoms with Gasteiger partial charge in [0.2, 0.25) is 6.17 Å². The van der Waals surface area contributed by atoms with Gasteiger partial charge in [0.25, 0.3) is 0 Å². The molecular formula is C9H16FNO2. The lowest BCUT2D eigenvalue weighted by Gasteiger charge is -2.32. The van der Waals surface area contributed by atoms with Crippen LogP contribution in [0.4, 0.5) is 4.39 Å². The van der Waals surface area contributed by atoms with Crippen molar-refractivity contribution >= 4 is 5.97 Å². The Kier molecular flexibility index (Phi) is 3.66. The number of halogens is 1. The third-order valence-electron chi connectivity index (χ3n) is 2.64. The monoisotopic (exact) mass is 189 g/mol. The fourth-order valence-electron chi connectivity index (χ4n) is 1.82. The molecule has 0 amide bonds. The van der Waals surface area contributed by atoms with E-state index in [9.17, 15) is 9.18 Å². The summed E-state index contributed by atoms with van der Waals surface area (Å²) in [4.78, 5) is 12.5. The van der Waals surface area contributed by atoms with Crippen molar-refractivity contribution < 1.29 is 14.3 Å². The molecule has 1 heterocycles. The molecule has 0 aliphatic carbocycles. The minimum Gasteiger partial charge on any atom is -0.479 e. The number of carbonyl (C=O) groups is 1. The number of aliphatic carboxylic acids is 1. The molecule has 1 N–H and O–H groups in total. The van der Waals surface area contributed by atoms with Crippen molar-refractivity contribution in [2.45, 2.75) is 25.9 Å². The maximum Gasteiger partial charge on any atom is 0.338 e. The number of hydrogen-bond donors (Lipinski definition) is 1. The van der Waals surface area contributed by atoms with Gasteiger partial charge >= 0.3 is 5.97 Å². The number of carboxylic acid groups (broad SMARTS) is 1. The molecule has 0 radical (unpaired) electrons. The first-order chi connectivity index (χ1) is 6.15. The molecule has 0 aromatic rings. The van der Waals surface area contributed by atoms with Crippen LogP contribution in [0.25, 0.3) is 0 Å². The Labute approximate surface area is 77.5 Å². The van der Waals surface area contributed by atoms with E-state index in [2.05, 4.69) is 4.90 Å². The summed E-state index contributed by atoms with van der Waals surface area (Å²) < 4.78 is 13.1. The zero-order chi connectivity index (χ0) is 9.84. The summed E-state index contributed by atoms with van der Waals surface area (Å²) in [5.74, 6) is -1.63. The molecule has 3 nitrogen and oxygen atoms in total. The van der Waals surface area contributed by atoms with Gasteiger partial charge in [-0.3, -0.25) is 0 Å². The Bertz CT molecular complexity index is 186. The minimum absolute atomic E-state index is 0.314. The highest BCUT2D eigenvalue weighted by Crippen LogP contribution is 2.21. The summed E-state index contributed by atoms with van der Waals surface area (Å²) in [6, 6.07) is 0. The molecule has 0 aromatic heterocycles. The van der Waals surface area contributed by atoms with Crippen LogP contribution in [0.3, 0.4) is 0 Å². The van der Waals surface area contributed by atoms with Crippen LogP contribution in [0.1, 0.15) is 19.8 Å². The first kappa shape index (κ1) is 10.4. The maximum atomic E-state index is 13.1. The van der Waals surface area contributed by atoms with Gasteiger partial charge in [0, 0.05) is 12.5 Å². The van der Waals surface area contributed by atoms with Crippen LogP contribution in [-0.2, 0) is 4.79 Å². The summed E-state index contributed by atoms with van der Waals surface area (Å²) in [6.45, 7) is 4.45. The second-order valence-electron chi connectivity index (χ2n) is 3.54. The maximum absolute atomic E-state index is 13.1. The number of likely N-dealkylation sites (tertiary alicyclic amines) is 1. The van der Waals surface area contributed by atoms with Gasteiger partial charge in [0.05, 0.1) is 0 Å². The quantitative estimate of drug-likeness (QED) is 0.723. The number of nitrogens with zero attached hydrogens (tertiary/aromatic N) is 1. The Morgan fingerprint density at radius 1 is 1.77 bits per heavy atom. The topological polar surface area (TPSA) is 40.5 Å². The molecule has 1 aliphatic rings. The molecule has 1 rings (SSSR count). The van der Waals surface area contributed by atoms with E-state index in [0.29, 0.717) is 13.0 Å². The average Bonchev–Trinajstić information content (AvgIpc) is 2.16. The number of piperidine rings is 1. The Hall–Kier alpha value is -0.640. The van der Waals surface area contributed by atoms with E-state index < -0.39 is 12.1 Å². The van der Waals surface area contributed by atoms with Crippen LogP contribution in [0.2, 0.25) is 0 Å². The molecule has 2 atom stereocenters. The van der Waals surface area contributed by atoms with Gasteiger partial charge in [-0.05, 0) is 25.9 Å². The van der Waals surface area contributed by atoms with E-state index in [1.807, 2.05) is 6.92 Å². The van der Waals surface area contributed by atoms with Crippen LogP contribution < -0.4 is 0 Å². The second-order valence-corrected chi connectivity index (χ2v) is 3.54. The first-order valence-corrected chi connectivity index (χ1v) is 4.74. The van der Waals surface area contributed by atoms with Crippen molar-refractivity contribution in [1.82, 2.24) is 4.90 Å². The van der Waals surface area contributed by atoms with Gasteiger partial charge in [0.1, 0.15) is 0 Å². The lowest BCUT2D eigenvalue weighted by Crippen LogP contribution is -2.41. The summed E-state index contributed by atoms with van der Waals surface area (Å²) in [5, 5.41) is 8.50. The molecule has 1 fully saturated rings. The zero-order valence-electron chi connectivity index (χ0n) is 7.87. The van der Waals surface area contributed by atoms with E-state index in [-0.39, 0.29) is 5.92 Å². The second kappa shape index (κ2) is 4.56. The third-order valence-corrected chi connectivity index (χ3v) is 2.64. The zero-order valence-corrected chi connectivity index (χ0v) is 7.87. The average molecular weight is 189 g/mol. The van der Waals surface area contributed by atoms with Crippen molar-refractivity contribution in [3.8, 4) is 0 Å². The molecule has 0 saturated carbocycles. The number of carboxylic acids is 1. The smallest absolute Gasteiger partial charge is 0.338 e. The Morgan fingerprint density at radius 2 is 2.46 bits per heavy atom. The van der Waals surface area contributed by atoms with E-state index in [1.54, 1.807) is 0 Å². The highest BCUT2D eigenvalue weighted by atomic mass is 19.1. The molecule has 2 unspecified atom stereocenters. The van der Waals surface area contributed by atoms with Gasteiger partial charge in [0.15, 0.2) is 0 Å². The fraction of sp³-hybridized carbons (Fsp3) is 0.889. The normalized spacial score (nSPS) is 27.1.